The van der Waals surface area contributed by atoms with Gasteiger partial charge in [0.15, 0.2) is 0 Å². The van der Waals surface area contributed by atoms with Gasteiger partial charge in [-0.05, 0) is 186 Å². The first kappa shape index (κ1) is 75.7. The molecule has 520 valence electrons. The summed E-state index contributed by atoms with van der Waals surface area (Å²) in [6.45, 7) is 11.9. The summed E-state index contributed by atoms with van der Waals surface area (Å²) in [4.78, 5) is 43.2. The van der Waals surface area contributed by atoms with Crippen molar-refractivity contribution >= 4 is 56.7 Å². The fourth-order valence-corrected chi connectivity index (χ4v) is 12.5. The van der Waals surface area contributed by atoms with Crippen LogP contribution in [0.2, 0.25) is 0 Å². The fourth-order valence-electron chi connectivity index (χ4n) is 9.73. The molecule has 10 heterocycles. The number of nitriles is 2. The second-order valence-corrected chi connectivity index (χ2v) is 28.3. The zero-order valence-corrected chi connectivity index (χ0v) is 62.6. The summed E-state index contributed by atoms with van der Waals surface area (Å²) < 4.78 is 40.3. The summed E-state index contributed by atoms with van der Waals surface area (Å²) in [5.74, 6) is 29.2. The number of halogens is 3. The zero-order chi connectivity index (χ0) is 75.6. The quantitative estimate of drug-likeness (QED) is 0.149. The van der Waals surface area contributed by atoms with E-state index >= 15 is 0 Å². The Morgan fingerprint density at radius 1 is 0.287 bits per heavy atom. The van der Waals surface area contributed by atoms with E-state index < -0.39 is 5.82 Å². The maximum atomic E-state index is 13.7. The fraction of sp³-hybridized carbons (Fsp3) is 0.0682. The molecule has 0 unspecified atom stereocenters. The number of benzene rings is 5. The van der Waals surface area contributed by atoms with E-state index in [1.54, 1.807) is 130 Å². The Morgan fingerprint density at radius 3 is 1.00 bits per heavy atom. The minimum absolute atomic E-state index is 0.267. The van der Waals surface area contributed by atoms with Crippen LogP contribution in [-0.2, 0) is 0 Å². The number of hydrogen-bond acceptors (Lipinski definition) is 17. The molecule has 20 heteroatoms. The van der Waals surface area contributed by atoms with Crippen molar-refractivity contribution in [2.75, 3.05) is 0 Å². The lowest BCUT2D eigenvalue weighted by atomic mass is 10.0. The van der Waals surface area contributed by atoms with E-state index in [1.165, 1.54) is 35.9 Å². The van der Waals surface area contributed by atoms with Crippen LogP contribution in [0.5, 0.6) is 0 Å². The van der Waals surface area contributed by atoms with E-state index in [-0.39, 0.29) is 17.2 Å². The number of thiazole rings is 5. The van der Waals surface area contributed by atoms with Crippen molar-refractivity contribution in [3.05, 3.63) is 349 Å². The van der Waals surface area contributed by atoms with Crippen molar-refractivity contribution in [3.63, 3.8) is 0 Å². The van der Waals surface area contributed by atoms with Gasteiger partial charge in [0.1, 0.15) is 45.9 Å². The van der Waals surface area contributed by atoms with E-state index in [2.05, 4.69) is 134 Å². The van der Waals surface area contributed by atoms with Crippen LogP contribution < -0.4 is 0 Å². The Labute approximate surface area is 643 Å². The first-order chi connectivity index (χ1) is 52.5. The third kappa shape index (κ3) is 22.5. The number of rotatable bonds is 5. The van der Waals surface area contributed by atoms with Crippen molar-refractivity contribution in [2.24, 2.45) is 0 Å². The molecule has 0 saturated heterocycles. The molecule has 0 aliphatic heterocycles. The average Bonchev–Trinajstić information content (AvgIpc) is 1.16. The topological polar surface area (TPSA) is 176 Å². The van der Waals surface area contributed by atoms with Crippen LogP contribution in [0, 0.1) is 141 Å². The molecule has 15 rings (SSSR count). The lowest BCUT2D eigenvalue weighted by molar-refractivity contribution is 0.627. The Balaban J connectivity index is 0.000000134. The predicted octanol–water partition coefficient (Wildman–Crippen LogP) is 20.0. The highest BCUT2D eigenvalue weighted by Crippen LogP contribution is 2.26. The summed E-state index contributed by atoms with van der Waals surface area (Å²) in [6.07, 6.45) is 8.49. The van der Waals surface area contributed by atoms with Gasteiger partial charge in [0.2, 0.25) is 0 Å². The van der Waals surface area contributed by atoms with Gasteiger partial charge < -0.3 is 0 Å². The zero-order valence-electron chi connectivity index (χ0n) is 58.6. The van der Waals surface area contributed by atoms with Crippen LogP contribution >= 0.6 is 56.7 Å². The highest BCUT2D eigenvalue weighted by Gasteiger charge is 2.10. The number of aromatic nitrogens is 10. The molecule has 10 aromatic heterocycles. The molecule has 0 radical (unpaired) electrons. The van der Waals surface area contributed by atoms with Gasteiger partial charge in [0.05, 0.1) is 76.8 Å². The second kappa shape index (κ2) is 37.8. The molecular formula is C88H57F3N12S5. The van der Waals surface area contributed by atoms with Crippen molar-refractivity contribution in [2.45, 2.75) is 41.5 Å². The first-order valence-corrected chi connectivity index (χ1v) is 37.2. The number of pyridine rings is 5. The predicted molar refractivity (Wildman–Crippen MR) is 427 cm³/mol. The molecule has 15 aromatic rings. The molecule has 0 N–H and O–H groups in total. The maximum Gasteiger partial charge on any atom is 0.132 e. The van der Waals surface area contributed by atoms with Crippen LogP contribution in [0.25, 0.3) is 56.3 Å². The molecule has 0 spiro atoms. The van der Waals surface area contributed by atoms with Crippen molar-refractivity contribution in [3.8, 4) is 128 Å². The Bertz CT molecular complexity index is 5920. The monoisotopic (exact) mass is 1500 g/mol. The summed E-state index contributed by atoms with van der Waals surface area (Å²) in [5, 5.41) is 32.7. The largest absolute Gasteiger partial charge is 0.255 e. The summed E-state index contributed by atoms with van der Waals surface area (Å²) in [6, 6.07) is 55.6. The van der Waals surface area contributed by atoms with E-state index in [0.29, 0.717) is 28.1 Å². The van der Waals surface area contributed by atoms with Gasteiger partial charge in [0, 0.05) is 114 Å². The molecule has 12 nitrogen and oxygen atoms in total. The van der Waals surface area contributed by atoms with Crippen LogP contribution in [0.4, 0.5) is 13.2 Å². The first-order valence-electron chi connectivity index (χ1n) is 32.8. The summed E-state index contributed by atoms with van der Waals surface area (Å²) in [5.41, 5.74) is 17.5. The third-order valence-corrected chi connectivity index (χ3v) is 18.8. The Morgan fingerprint density at radius 2 is 0.639 bits per heavy atom. The van der Waals surface area contributed by atoms with Gasteiger partial charge in [-0.25, -0.2) is 38.1 Å². The molecule has 0 aliphatic carbocycles. The van der Waals surface area contributed by atoms with Gasteiger partial charge in [-0.1, -0.05) is 96.3 Å². The normalized spacial score (nSPS) is 9.88. The smallest absolute Gasteiger partial charge is 0.132 e. The van der Waals surface area contributed by atoms with E-state index in [0.717, 1.165) is 115 Å². The molecule has 0 atom stereocenters. The van der Waals surface area contributed by atoms with E-state index in [1.807, 2.05) is 159 Å². The number of aryl methyl sites for hydroxylation is 6. The standard InChI is InChI=1S/C18H10FN3S.C18H11N3S.C18H14N2S.2C17H11FN2S/c1-12-22-17(11-23-12)4-2-13-3-5-18(21-10-13)15-6-14(9-20)7-16(19)8-15;1-13-21-16(12-22-13)8-6-14-7-9-18(20-11-14)17-5-3-2-4-15(17)10-19;1-13-5-3-4-6-17(13)18-10-8-15(11-19-18)7-9-16-12-21-14(2)20-16;1-12-20-16(11-21-12)7-5-13-6-8-17(19-10-13)14-3-2-4-15(18)9-14;1-12-20-14(11-21-12)8-6-13-7-9-17(19-10-13)15-4-2-3-5-16(15)18/h3,5-8,10-11H,1H3;2-5,7,9,11-12H,1H3;3-6,8,10-12H,1-2H3;2-4,6,8-11H,1H3;2-5,7,9-11H,1H3. The molecule has 5 aromatic carbocycles. The minimum Gasteiger partial charge on any atom is -0.255 e. The van der Waals surface area contributed by atoms with Gasteiger partial charge in [-0.3, -0.25) is 24.9 Å². The van der Waals surface area contributed by atoms with Gasteiger partial charge >= 0.3 is 0 Å². The van der Waals surface area contributed by atoms with Crippen molar-refractivity contribution < 1.29 is 13.2 Å². The van der Waals surface area contributed by atoms with Gasteiger partial charge in [-0.2, -0.15) is 10.5 Å². The van der Waals surface area contributed by atoms with Gasteiger partial charge in [-0.15, -0.1) is 56.7 Å². The lowest BCUT2D eigenvalue weighted by Gasteiger charge is -2.04. The average molecular weight is 1500 g/mol. The van der Waals surface area contributed by atoms with Crippen molar-refractivity contribution in [1.29, 1.82) is 10.5 Å². The lowest BCUT2D eigenvalue weighted by Crippen LogP contribution is -1.88. The van der Waals surface area contributed by atoms with Crippen LogP contribution in [0.15, 0.2) is 234 Å². The Hall–Kier alpha value is -13.4. The number of nitrogens with zero attached hydrogens (tertiary/aromatic N) is 12. The highest BCUT2D eigenvalue weighted by atomic mass is 32.1. The van der Waals surface area contributed by atoms with E-state index in [9.17, 15) is 13.2 Å². The van der Waals surface area contributed by atoms with E-state index in [4.69, 9.17) is 10.5 Å². The molecule has 0 bridgehead atoms. The summed E-state index contributed by atoms with van der Waals surface area (Å²) in [7, 11) is 0. The van der Waals surface area contributed by atoms with Gasteiger partial charge in [0.25, 0.3) is 0 Å². The van der Waals surface area contributed by atoms with Crippen LogP contribution in [0.1, 0.15) is 98.0 Å². The SMILES string of the molecule is Cc1nc(C#Cc2ccc(-c3cc(F)cc(C#N)c3)nc2)cs1.Cc1nc(C#Cc2ccc(-c3cccc(F)c3)nc2)cs1.Cc1nc(C#Cc2ccc(-c3ccccc3C#N)nc2)cs1.Cc1nc(C#Cc2ccc(-c3ccccc3C)nc2)cs1.Cc1nc(C#Cc2ccc(-c3ccccc3F)nc2)cs1. The second-order valence-electron chi connectivity index (χ2n) is 23.0. The van der Waals surface area contributed by atoms with Crippen LogP contribution in [-0.4, -0.2) is 49.8 Å². The third-order valence-electron chi connectivity index (χ3n) is 14.9. The maximum absolute atomic E-state index is 13.7. The molecular weight excluding hydrogens is 1440 g/mol. The minimum atomic E-state index is -0.455. The molecule has 0 saturated carbocycles. The van der Waals surface area contributed by atoms with Crippen LogP contribution in [0.3, 0.4) is 0 Å². The molecule has 0 amide bonds. The highest BCUT2D eigenvalue weighted by molar-refractivity contribution is 7.10. The Kier molecular flexibility index (Phi) is 26.5. The molecule has 0 fully saturated rings. The van der Waals surface area contributed by atoms with Crippen molar-refractivity contribution in [1.82, 2.24) is 49.8 Å². The summed E-state index contributed by atoms with van der Waals surface area (Å²) >= 11 is 7.89. The number of hydrogen-bond donors (Lipinski definition) is 0. The molecule has 0 aliphatic rings. The molecule has 108 heavy (non-hydrogen) atoms.